The van der Waals surface area contributed by atoms with Gasteiger partial charge >= 0.3 is 0 Å². The molecule has 50 heavy (non-hydrogen) atoms. The van der Waals surface area contributed by atoms with Gasteiger partial charge in [0.1, 0.15) is 0 Å². The Hall–Kier alpha value is -3.60. The third-order valence-electron chi connectivity index (χ3n) is 8.87. The van der Waals surface area contributed by atoms with Gasteiger partial charge in [-0.25, -0.2) is 16.8 Å². The zero-order chi connectivity index (χ0) is 35.9. The summed E-state index contributed by atoms with van der Waals surface area (Å²) in [5.41, 5.74) is 1.91. The number of nitrogens with one attached hydrogen (secondary N) is 1. The molecule has 1 saturated heterocycles. The van der Waals surface area contributed by atoms with Crippen LogP contribution in [0.5, 0.6) is 11.5 Å². The highest BCUT2D eigenvalue weighted by molar-refractivity contribution is 7.89. The average molecular weight is 730 g/mol. The predicted molar refractivity (Wildman–Crippen MR) is 188 cm³/mol. The van der Waals surface area contributed by atoms with Crippen molar-refractivity contribution in [1.82, 2.24) is 23.8 Å². The van der Waals surface area contributed by atoms with E-state index in [1.807, 2.05) is 56.3 Å². The van der Waals surface area contributed by atoms with Crippen LogP contribution >= 0.6 is 0 Å². The van der Waals surface area contributed by atoms with Crippen molar-refractivity contribution < 1.29 is 36.2 Å². The number of aliphatic hydroxyl groups excluding tert-OH is 1. The number of sulfonamides is 2. The van der Waals surface area contributed by atoms with E-state index in [0.717, 1.165) is 11.1 Å². The number of benzene rings is 2. The maximum Gasteiger partial charge on any atom is 0.243 e. The minimum Gasteiger partial charge on any atom is -0.454 e. The molecule has 0 bridgehead atoms. The highest BCUT2D eigenvalue weighted by atomic mass is 32.2. The number of aromatic nitrogens is 1. The van der Waals surface area contributed by atoms with Crippen molar-refractivity contribution in [2.75, 3.05) is 51.8 Å². The van der Waals surface area contributed by atoms with Gasteiger partial charge in [0.05, 0.1) is 28.7 Å². The summed E-state index contributed by atoms with van der Waals surface area (Å²) in [6.07, 6.45) is 2.32. The molecule has 2 aliphatic rings. The second-order valence-corrected chi connectivity index (χ2v) is 17.2. The summed E-state index contributed by atoms with van der Waals surface area (Å²) < 4.78 is 68.6. The van der Waals surface area contributed by atoms with E-state index in [1.165, 1.54) is 27.7 Å². The summed E-state index contributed by atoms with van der Waals surface area (Å²) >= 11 is 0. The van der Waals surface area contributed by atoms with Crippen LogP contribution in [-0.2, 0) is 37.8 Å². The normalized spacial score (nSPS) is 17.5. The molecule has 3 atom stereocenters. The molecular formula is C35H47N5O8S2. The van der Waals surface area contributed by atoms with Crippen LogP contribution in [0.3, 0.4) is 0 Å². The van der Waals surface area contributed by atoms with Crippen molar-refractivity contribution in [3.8, 4) is 11.5 Å². The maximum absolute atomic E-state index is 14.2. The van der Waals surface area contributed by atoms with Gasteiger partial charge in [-0.3, -0.25) is 14.7 Å². The molecule has 0 spiro atoms. The highest BCUT2D eigenvalue weighted by Gasteiger charge is 2.38. The Bertz CT molecular complexity index is 1790. The Kier molecular flexibility index (Phi) is 12.5. The van der Waals surface area contributed by atoms with Gasteiger partial charge in [0, 0.05) is 64.3 Å². The zero-order valence-electron chi connectivity index (χ0n) is 28.7. The van der Waals surface area contributed by atoms with Gasteiger partial charge in [-0.1, -0.05) is 51.1 Å². The van der Waals surface area contributed by atoms with Crippen LogP contribution in [0.25, 0.3) is 0 Å². The first kappa shape index (κ1) is 37.7. The molecule has 1 fully saturated rings. The number of rotatable bonds is 16. The molecule has 13 nitrogen and oxygen atoms in total. The van der Waals surface area contributed by atoms with E-state index < -0.39 is 44.0 Å². The lowest BCUT2D eigenvalue weighted by Crippen LogP contribution is -2.53. The Morgan fingerprint density at radius 3 is 2.28 bits per heavy atom. The lowest BCUT2D eigenvalue weighted by Gasteiger charge is -2.35. The summed E-state index contributed by atoms with van der Waals surface area (Å²) in [6.45, 7) is 7.62. The number of nitrogens with zero attached hydrogens (tertiary/aromatic N) is 4. The quantitative estimate of drug-likeness (QED) is 0.224. The molecule has 2 aliphatic heterocycles. The Morgan fingerprint density at radius 2 is 1.60 bits per heavy atom. The zero-order valence-corrected chi connectivity index (χ0v) is 30.4. The van der Waals surface area contributed by atoms with E-state index in [2.05, 4.69) is 15.2 Å². The van der Waals surface area contributed by atoms with Crippen LogP contribution in [0, 0.1) is 11.8 Å². The van der Waals surface area contributed by atoms with Crippen LogP contribution in [0.4, 0.5) is 0 Å². The van der Waals surface area contributed by atoms with Crippen LogP contribution in [0.2, 0.25) is 0 Å². The van der Waals surface area contributed by atoms with Crippen molar-refractivity contribution in [1.29, 1.82) is 0 Å². The molecule has 1 unspecified atom stereocenters. The van der Waals surface area contributed by atoms with Gasteiger partial charge in [-0.2, -0.15) is 8.61 Å². The minimum absolute atomic E-state index is 0.00581. The fraction of sp³-hybridized carbons (Fsp3) is 0.486. The lowest BCUT2D eigenvalue weighted by atomic mass is 10.00. The van der Waals surface area contributed by atoms with Gasteiger partial charge < -0.3 is 19.9 Å². The van der Waals surface area contributed by atoms with Crippen LogP contribution in [0.1, 0.15) is 31.9 Å². The van der Waals surface area contributed by atoms with Crippen molar-refractivity contribution in [2.45, 2.75) is 50.8 Å². The third kappa shape index (κ3) is 9.59. The second kappa shape index (κ2) is 16.6. The SMILES string of the molecule is CC(C)CN(C(Cc1ccccc1)[C@H](O)CNC(=O)[C@@H](C)CS(=O)(=O)N1CCN(Cc2ccncc2)CC1)S(=O)(=O)c1ccc2c(c1)OCO2. The fourth-order valence-corrected chi connectivity index (χ4v) is 9.70. The second-order valence-electron chi connectivity index (χ2n) is 13.3. The molecule has 2 N–H and O–H groups in total. The van der Waals surface area contributed by atoms with Gasteiger partial charge in [0.25, 0.3) is 0 Å². The first-order chi connectivity index (χ1) is 23.8. The van der Waals surface area contributed by atoms with E-state index in [-0.39, 0.29) is 42.9 Å². The summed E-state index contributed by atoms with van der Waals surface area (Å²) in [7, 11) is -7.90. The Morgan fingerprint density at radius 1 is 0.920 bits per heavy atom. The molecule has 2 aromatic carbocycles. The fourth-order valence-electron chi connectivity index (χ4n) is 6.15. The molecule has 15 heteroatoms. The summed E-state index contributed by atoms with van der Waals surface area (Å²) in [6, 6.07) is 16.6. The number of carbonyl (C=O) groups is 1. The molecule has 272 valence electrons. The van der Waals surface area contributed by atoms with Gasteiger partial charge in [-0.15, -0.1) is 0 Å². The van der Waals surface area contributed by atoms with E-state index in [0.29, 0.717) is 44.2 Å². The number of aliphatic hydroxyl groups is 1. The summed E-state index contributed by atoms with van der Waals surface area (Å²) in [5.74, 6) is -1.16. The maximum atomic E-state index is 14.2. The molecule has 3 aromatic rings. The lowest BCUT2D eigenvalue weighted by molar-refractivity contribution is -0.124. The number of pyridine rings is 1. The monoisotopic (exact) mass is 729 g/mol. The molecule has 1 aromatic heterocycles. The number of hydrogen-bond donors (Lipinski definition) is 2. The van der Waals surface area contributed by atoms with Crippen LogP contribution in [-0.4, -0.2) is 110 Å². The third-order valence-corrected chi connectivity index (χ3v) is 12.8. The van der Waals surface area contributed by atoms with Crippen molar-refractivity contribution in [3.05, 3.63) is 84.2 Å². The molecular weight excluding hydrogens is 683 g/mol. The van der Waals surface area contributed by atoms with Crippen LogP contribution in [0.15, 0.2) is 78.0 Å². The summed E-state index contributed by atoms with van der Waals surface area (Å²) in [5, 5.41) is 14.3. The topological polar surface area (TPSA) is 159 Å². The van der Waals surface area contributed by atoms with E-state index in [4.69, 9.17) is 9.47 Å². The molecule has 0 aliphatic carbocycles. The molecule has 5 rings (SSSR count). The molecule has 0 saturated carbocycles. The molecule has 1 amide bonds. The average Bonchev–Trinajstić information content (AvgIpc) is 3.58. The number of piperazine rings is 1. The molecule has 0 radical (unpaired) electrons. The Labute approximate surface area is 295 Å². The first-order valence-electron chi connectivity index (χ1n) is 16.8. The Balaban J connectivity index is 1.25. The number of amides is 1. The largest absolute Gasteiger partial charge is 0.454 e. The number of ether oxygens (including phenoxy) is 2. The number of hydrogen-bond acceptors (Lipinski definition) is 10. The summed E-state index contributed by atoms with van der Waals surface area (Å²) in [4.78, 5) is 19.5. The van der Waals surface area contributed by atoms with Gasteiger partial charge in [0.2, 0.25) is 32.7 Å². The number of carbonyl (C=O) groups excluding carboxylic acids is 1. The van der Waals surface area contributed by atoms with E-state index >= 15 is 0 Å². The number of fused-ring (bicyclic) bond motifs is 1. The van der Waals surface area contributed by atoms with E-state index in [1.54, 1.807) is 18.5 Å². The standard InChI is InChI=1S/C35H47N5O8S2/c1-26(2)22-40(50(45,46)30-9-10-33-34(20-30)48-25-47-33)31(19-28-7-5-4-6-8-28)32(41)21-37-35(42)27(3)24-49(43,44)39-17-15-38(16-18-39)23-29-11-13-36-14-12-29/h4-14,20,26-27,31-32,41H,15-19,21-25H2,1-3H3,(H,37,42)/t27-,31?,32+/m0/s1. The van der Waals surface area contributed by atoms with E-state index in [9.17, 15) is 26.7 Å². The highest BCUT2D eigenvalue weighted by Crippen LogP contribution is 2.35. The van der Waals surface area contributed by atoms with Crippen LogP contribution < -0.4 is 14.8 Å². The van der Waals surface area contributed by atoms with Gasteiger partial charge in [-0.05, 0) is 47.7 Å². The molecule has 3 heterocycles. The van der Waals surface area contributed by atoms with Crippen molar-refractivity contribution >= 4 is 26.0 Å². The van der Waals surface area contributed by atoms with Crippen molar-refractivity contribution in [2.24, 2.45) is 11.8 Å². The van der Waals surface area contributed by atoms with Crippen molar-refractivity contribution in [3.63, 3.8) is 0 Å². The first-order valence-corrected chi connectivity index (χ1v) is 19.9. The smallest absolute Gasteiger partial charge is 0.243 e. The minimum atomic E-state index is -4.16. The predicted octanol–water partition coefficient (Wildman–Crippen LogP) is 2.33. The van der Waals surface area contributed by atoms with Gasteiger partial charge in [0.15, 0.2) is 11.5 Å².